The van der Waals surface area contributed by atoms with Gasteiger partial charge in [0.2, 0.25) is 0 Å². The van der Waals surface area contributed by atoms with Crippen LogP contribution in [-0.4, -0.2) is 16.4 Å². The Morgan fingerprint density at radius 3 is 2.93 bits per heavy atom. The van der Waals surface area contributed by atoms with Crippen molar-refractivity contribution in [3.05, 3.63) is 28.8 Å². The van der Waals surface area contributed by atoms with Crippen LogP contribution in [0.1, 0.15) is 5.56 Å². The Bertz CT molecular complexity index is 361. The molecule has 0 amide bonds. The Morgan fingerprint density at radius 1 is 1.64 bits per heavy atom. The summed E-state index contributed by atoms with van der Waals surface area (Å²) in [4.78, 5) is 0. The molecule has 0 saturated carbocycles. The fraction of sp³-hybridized carbons (Fsp3) is 0. The highest BCUT2D eigenvalue weighted by Crippen LogP contribution is 2.22. The summed E-state index contributed by atoms with van der Waals surface area (Å²) in [5.41, 5.74) is 7.92. The Morgan fingerprint density at radius 2 is 2.36 bits per heavy atom. The van der Waals surface area contributed by atoms with Gasteiger partial charge in [0, 0.05) is 0 Å². The second-order valence-corrected chi connectivity index (χ2v) is 3.25. The molecule has 0 saturated heterocycles. The van der Waals surface area contributed by atoms with Crippen molar-refractivity contribution in [3.63, 3.8) is 0 Å². The molecule has 0 fully saturated rings. The molecular formula is C8H8ClN3OS. The molecule has 0 aromatic heterocycles. The first-order valence-corrected chi connectivity index (χ1v) is 4.46. The molecule has 0 aliphatic heterocycles. The van der Waals surface area contributed by atoms with Gasteiger partial charge in [-0.15, -0.1) is 0 Å². The molecular weight excluding hydrogens is 222 g/mol. The molecule has 0 aliphatic rings. The van der Waals surface area contributed by atoms with Gasteiger partial charge in [-0.05, 0) is 24.4 Å². The highest BCUT2D eigenvalue weighted by molar-refractivity contribution is 7.80. The van der Waals surface area contributed by atoms with Crippen LogP contribution in [0.2, 0.25) is 5.02 Å². The van der Waals surface area contributed by atoms with Crippen molar-refractivity contribution >= 4 is 35.1 Å². The molecule has 74 valence electrons. The number of phenols is 1. The van der Waals surface area contributed by atoms with Gasteiger partial charge in [-0.3, -0.25) is 5.43 Å². The van der Waals surface area contributed by atoms with E-state index in [9.17, 15) is 5.11 Å². The van der Waals surface area contributed by atoms with Crippen LogP contribution < -0.4 is 11.2 Å². The fourth-order valence-electron chi connectivity index (χ4n) is 0.814. The van der Waals surface area contributed by atoms with Gasteiger partial charge in [0.25, 0.3) is 0 Å². The minimum absolute atomic E-state index is 0.0472. The molecule has 1 rings (SSSR count). The summed E-state index contributed by atoms with van der Waals surface area (Å²) in [6.07, 6.45) is 1.34. The zero-order valence-electron chi connectivity index (χ0n) is 7.07. The second-order valence-electron chi connectivity index (χ2n) is 2.41. The molecule has 1 aromatic rings. The van der Waals surface area contributed by atoms with E-state index in [0.29, 0.717) is 10.6 Å². The van der Waals surface area contributed by atoms with Gasteiger partial charge < -0.3 is 10.8 Å². The number of phenolic OH excluding ortho intramolecular Hbond substituents is 1. The topological polar surface area (TPSA) is 70.6 Å². The smallest absolute Gasteiger partial charge is 0.184 e. The Labute approximate surface area is 91.4 Å². The van der Waals surface area contributed by atoms with Gasteiger partial charge in [0.15, 0.2) is 5.11 Å². The first kappa shape index (κ1) is 10.7. The first-order chi connectivity index (χ1) is 6.61. The lowest BCUT2D eigenvalue weighted by Crippen LogP contribution is -2.24. The molecule has 0 atom stereocenters. The minimum atomic E-state index is 0.0472. The number of hydrogen-bond donors (Lipinski definition) is 3. The van der Waals surface area contributed by atoms with E-state index in [4.69, 9.17) is 17.3 Å². The van der Waals surface area contributed by atoms with Crippen molar-refractivity contribution < 1.29 is 5.11 Å². The molecule has 0 unspecified atom stereocenters. The summed E-state index contributed by atoms with van der Waals surface area (Å²) in [6.45, 7) is 0. The van der Waals surface area contributed by atoms with Crippen LogP contribution in [0.3, 0.4) is 0 Å². The standard InChI is InChI=1S/C8H8ClN3OS/c9-6-2-1-3-7(13)5(6)4-11-12-8(10)14/h1-4,13H,(H3,10,12,14). The largest absolute Gasteiger partial charge is 0.507 e. The summed E-state index contributed by atoms with van der Waals surface area (Å²) in [5.74, 6) is 0.0472. The normalized spacial score (nSPS) is 10.4. The number of hydrazone groups is 1. The number of halogens is 1. The summed E-state index contributed by atoms with van der Waals surface area (Å²) in [5, 5.41) is 13.5. The van der Waals surface area contributed by atoms with E-state index < -0.39 is 0 Å². The van der Waals surface area contributed by atoms with Crippen LogP contribution in [0, 0.1) is 0 Å². The van der Waals surface area contributed by atoms with Crippen LogP contribution >= 0.6 is 23.8 Å². The van der Waals surface area contributed by atoms with Crippen LogP contribution in [0.5, 0.6) is 5.75 Å². The zero-order chi connectivity index (χ0) is 10.6. The Hall–Kier alpha value is -1.33. The van der Waals surface area contributed by atoms with Crippen molar-refractivity contribution in [1.29, 1.82) is 0 Å². The van der Waals surface area contributed by atoms with Crippen molar-refractivity contribution in [2.75, 3.05) is 0 Å². The fourth-order valence-corrected chi connectivity index (χ4v) is 1.08. The van der Waals surface area contributed by atoms with E-state index in [-0.39, 0.29) is 10.9 Å². The summed E-state index contributed by atoms with van der Waals surface area (Å²) >= 11 is 10.3. The third-order valence-electron chi connectivity index (χ3n) is 1.40. The molecule has 0 radical (unpaired) electrons. The van der Waals surface area contributed by atoms with E-state index in [2.05, 4.69) is 22.7 Å². The summed E-state index contributed by atoms with van der Waals surface area (Å²) in [7, 11) is 0. The third kappa shape index (κ3) is 2.86. The molecule has 0 heterocycles. The highest BCUT2D eigenvalue weighted by atomic mass is 35.5. The van der Waals surface area contributed by atoms with Crippen LogP contribution in [-0.2, 0) is 0 Å². The number of rotatable bonds is 2. The number of aromatic hydroxyl groups is 1. The van der Waals surface area contributed by atoms with Crippen molar-refractivity contribution in [2.45, 2.75) is 0 Å². The van der Waals surface area contributed by atoms with Gasteiger partial charge in [-0.25, -0.2) is 0 Å². The van der Waals surface area contributed by atoms with Crippen LogP contribution in [0.15, 0.2) is 23.3 Å². The number of thiocarbonyl (C=S) groups is 1. The number of nitrogens with one attached hydrogen (secondary N) is 1. The van der Waals surface area contributed by atoms with Crippen LogP contribution in [0.4, 0.5) is 0 Å². The predicted octanol–water partition coefficient (Wildman–Crippen LogP) is 1.21. The lowest BCUT2D eigenvalue weighted by Gasteiger charge is -2.00. The highest BCUT2D eigenvalue weighted by Gasteiger charge is 2.01. The molecule has 4 nitrogen and oxygen atoms in total. The van der Waals surface area contributed by atoms with Crippen molar-refractivity contribution in [3.8, 4) is 5.75 Å². The maximum Gasteiger partial charge on any atom is 0.184 e. The number of nitrogens with zero attached hydrogens (tertiary/aromatic N) is 1. The third-order valence-corrected chi connectivity index (χ3v) is 1.82. The maximum atomic E-state index is 9.39. The predicted molar refractivity (Wildman–Crippen MR) is 60.6 cm³/mol. The lowest BCUT2D eigenvalue weighted by atomic mass is 10.2. The molecule has 6 heteroatoms. The van der Waals surface area contributed by atoms with Crippen LogP contribution in [0.25, 0.3) is 0 Å². The minimum Gasteiger partial charge on any atom is -0.507 e. The van der Waals surface area contributed by atoms with E-state index in [0.717, 1.165) is 0 Å². The number of benzene rings is 1. The summed E-state index contributed by atoms with van der Waals surface area (Å²) < 4.78 is 0. The van der Waals surface area contributed by atoms with E-state index in [1.165, 1.54) is 12.3 Å². The van der Waals surface area contributed by atoms with Crippen molar-refractivity contribution in [2.24, 2.45) is 10.8 Å². The molecule has 0 aliphatic carbocycles. The van der Waals surface area contributed by atoms with Gasteiger partial charge in [-0.1, -0.05) is 17.7 Å². The average molecular weight is 230 g/mol. The molecule has 1 aromatic carbocycles. The lowest BCUT2D eigenvalue weighted by molar-refractivity contribution is 0.474. The van der Waals surface area contributed by atoms with Gasteiger partial charge in [0.1, 0.15) is 5.75 Å². The monoisotopic (exact) mass is 229 g/mol. The average Bonchev–Trinajstić information content (AvgIpc) is 2.09. The molecule has 0 spiro atoms. The Kier molecular flexibility index (Phi) is 3.67. The molecule has 14 heavy (non-hydrogen) atoms. The van der Waals surface area contributed by atoms with E-state index in [1.807, 2.05) is 0 Å². The Balaban J connectivity index is 2.85. The first-order valence-electron chi connectivity index (χ1n) is 3.67. The van der Waals surface area contributed by atoms with E-state index in [1.54, 1.807) is 12.1 Å². The SMILES string of the molecule is NC(=S)NN=Cc1c(O)cccc1Cl. The quantitative estimate of drug-likeness (QED) is 0.405. The number of nitrogens with two attached hydrogens (primary N) is 1. The van der Waals surface area contributed by atoms with Gasteiger partial charge in [-0.2, -0.15) is 5.10 Å². The van der Waals surface area contributed by atoms with Gasteiger partial charge in [0.05, 0.1) is 16.8 Å². The number of hydrogen-bond acceptors (Lipinski definition) is 3. The molecule has 0 bridgehead atoms. The van der Waals surface area contributed by atoms with Gasteiger partial charge >= 0.3 is 0 Å². The molecule has 4 N–H and O–H groups in total. The summed E-state index contributed by atoms with van der Waals surface area (Å²) in [6, 6.07) is 4.79. The second kappa shape index (κ2) is 4.78. The van der Waals surface area contributed by atoms with Crippen molar-refractivity contribution in [1.82, 2.24) is 5.43 Å². The maximum absolute atomic E-state index is 9.39. The van der Waals surface area contributed by atoms with E-state index >= 15 is 0 Å². The zero-order valence-corrected chi connectivity index (χ0v) is 8.64.